The number of amides is 1. The van der Waals surface area contributed by atoms with E-state index < -0.39 is 0 Å². The van der Waals surface area contributed by atoms with Crippen LogP contribution >= 0.6 is 0 Å². The molecule has 1 amide bonds. The lowest BCUT2D eigenvalue weighted by Crippen LogP contribution is -2.26. The quantitative estimate of drug-likeness (QED) is 0.618. The molecule has 2 N–H and O–H groups in total. The summed E-state index contributed by atoms with van der Waals surface area (Å²) in [6.07, 6.45) is 2.48. The highest BCUT2D eigenvalue weighted by molar-refractivity contribution is 5.95. The summed E-state index contributed by atoms with van der Waals surface area (Å²) in [6.45, 7) is 2.69. The van der Waals surface area contributed by atoms with Gasteiger partial charge >= 0.3 is 0 Å². The van der Waals surface area contributed by atoms with Crippen LogP contribution in [0.3, 0.4) is 0 Å². The molecule has 144 valence electrons. The minimum atomic E-state index is -0.116. The van der Waals surface area contributed by atoms with Crippen LogP contribution in [0.4, 0.5) is 5.82 Å². The molecule has 1 aromatic heterocycles. The Bertz CT molecular complexity index is 912. The molecule has 0 bridgehead atoms. The van der Waals surface area contributed by atoms with E-state index in [2.05, 4.69) is 21.7 Å². The molecule has 1 unspecified atom stereocenters. The highest BCUT2D eigenvalue weighted by atomic mass is 16.5. The van der Waals surface area contributed by atoms with Crippen LogP contribution in [0.15, 0.2) is 72.9 Å². The van der Waals surface area contributed by atoms with Gasteiger partial charge in [0, 0.05) is 18.3 Å². The van der Waals surface area contributed by atoms with Gasteiger partial charge in [0.15, 0.2) is 0 Å². The number of carbonyl (C=O) groups is 1. The summed E-state index contributed by atoms with van der Waals surface area (Å²) >= 11 is 0. The van der Waals surface area contributed by atoms with Crippen LogP contribution in [0.5, 0.6) is 5.75 Å². The first-order chi connectivity index (χ1) is 13.7. The highest BCUT2D eigenvalue weighted by Gasteiger charge is 2.12. The summed E-state index contributed by atoms with van der Waals surface area (Å²) in [6, 6.07) is 21.3. The van der Waals surface area contributed by atoms with Crippen molar-refractivity contribution in [3.05, 3.63) is 89.6 Å². The van der Waals surface area contributed by atoms with E-state index in [-0.39, 0.29) is 11.9 Å². The number of rotatable bonds is 8. The molecule has 2 aromatic carbocycles. The van der Waals surface area contributed by atoms with Crippen molar-refractivity contribution in [2.75, 3.05) is 19.0 Å². The van der Waals surface area contributed by atoms with Crippen molar-refractivity contribution in [2.45, 2.75) is 19.4 Å². The Morgan fingerprint density at radius 1 is 1.07 bits per heavy atom. The smallest absolute Gasteiger partial charge is 0.251 e. The van der Waals surface area contributed by atoms with Gasteiger partial charge in [-0.05, 0) is 48.7 Å². The molecule has 3 aromatic rings. The zero-order chi connectivity index (χ0) is 19.8. The summed E-state index contributed by atoms with van der Waals surface area (Å²) < 4.78 is 5.25. The van der Waals surface area contributed by atoms with Crippen LogP contribution in [0.2, 0.25) is 0 Å². The van der Waals surface area contributed by atoms with Gasteiger partial charge < -0.3 is 15.4 Å². The maximum Gasteiger partial charge on any atom is 0.251 e. The Morgan fingerprint density at radius 2 is 1.89 bits per heavy atom. The third-order valence-electron chi connectivity index (χ3n) is 4.52. The second-order valence-electron chi connectivity index (χ2n) is 6.56. The number of aromatic nitrogens is 1. The Morgan fingerprint density at radius 3 is 2.68 bits per heavy atom. The third kappa shape index (κ3) is 5.33. The fourth-order valence-electron chi connectivity index (χ4n) is 2.94. The fourth-order valence-corrected chi connectivity index (χ4v) is 2.94. The molecule has 0 aliphatic rings. The minimum Gasteiger partial charge on any atom is -0.497 e. The van der Waals surface area contributed by atoms with Crippen molar-refractivity contribution in [1.82, 2.24) is 10.3 Å². The number of nitrogens with one attached hydrogen (secondary N) is 2. The molecule has 5 heteroatoms. The second kappa shape index (κ2) is 9.55. The van der Waals surface area contributed by atoms with Gasteiger partial charge in [0.05, 0.1) is 13.2 Å². The molecule has 0 spiro atoms. The molecule has 0 fully saturated rings. The summed E-state index contributed by atoms with van der Waals surface area (Å²) in [7, 11) is 1.66. The maximum absolute atomic E-state index is 12.6. The molecule has 1 heterocycles. The van der Waals surface area contributed by atoms with E-state index in [4.69, 9.17) is 4.74 Å². The van der Waals surface area contributed by atoms with E-state index >= 15 is 0 Å². The van der Waals surface area contributed by atoms with E-state index in [9.17, 15) is 4.79 Å². The number of hydrogen-bond acceptors (Lipinski definition) is 4. The van der Waals surface area contributed by atoms with Crippen molar-refractivity contribution >= 4 is 11.7 Å². The second-order valence-corrected chi connectivity index (χ2v) is 6.56. The van der Waals surface area contributed by atoms with Crippen LogP contribution < -0.4 is 15.4 Å². The molecule has 0 aliphatic heterocycles. The highest BCUT2D eigenvalue weighted by Crippen LogP contribution is 2.15. The summed E-state index contributed by atoms with van der Waals surface area (Å²) in [5.74, 6) is 1.42. The molecule has 1 atom stereocenters. The number of ether oxygens (including phenoxy) is 1. The maximum atomic E-state index is 12.6. The zero-order valence-corrected chi connectivity index (χ0v) is 16.2. The Kier molecular flexibility index (Phi) is 6.63. The van der Waals surface area contributed by atoms with Gasteiger partial charge in [-0.2, -0.15) is 0 Å². The van der Waals surface area contributed by atoms with E-state index in [0.29, 0.717) is 17.9 Å². The lowest BCUT2D eigenvalue weighted by Gasteiger charge is -2.14. The summed E-state index contributed by atoms with van der Waals surface area (Å²) in [4.78, 5) is 16.9. The molecule has 5 nitrogen and oxygen atoms in total. The number of benzene rings is 2. The van der Waals surface area contributed by atoms with Crippen molar-refractivity contribution in [3.63, 3.8) is 0 Å². The molecule has 0 aliphatic carbocycles. The number of carbonyl (C=O) groups excluding carboxylic acids is 1. The van der Waals surface area contributed by atoms with Gasteiger partial charge in [0.1, 0.15) is 11.6 Å². The predicted molar refractivity (Wildman–Crippen MR) is 112 cm³/mol. The first-order valence-corrected chi connectivity index (χ1v) is 9.34. The number of pyridine rings is 1. The molecular formula is C23H25N3O2. The Labute approximate surface area is 165 Å². The first-order valence-electron chi connectivity index (χ1n) is 9.34. The molecule has 28 heavy (non-hydrogen) atoms. The van der Waals surface area contributed by atoms with Crippen LogP contribution in [0.1, 0.15) is 34.5 Å². The van der Waals surface area contributed by atoms with E-state index in [1.54, 1.807) is 25.4 Å². The Balaban J connectivity index is 1.56. The predicted octanol–water partition coefficient (Wildman–Crippen LogP) is 4.24. The van der Waals surface area contributed by atoms with Gasteiger partial charge in [-0.15, -0.1) is 0 Å². The molecule has 3 rings (SSSR count). The van der Waals surface area contributed by atoms with E-state index in [0.717, 1.165) is 17.7 Å². The standard InChI is InChI=1S/C23H25N3O2/c1-17(19-8-4-3-5-9-19)26-23(27)20-12-14-25-22(16-20)24-13-11-18-7-6-10-21(15-18)28-2/h3-10,12,14-17H,11,13H2,1-2H3,(H,24,25)(H,26,27). The van der Waals surface area contributed by atoms with Crippen molar-refractivity contribution < 1.29 is 9.53 Å². The average Bonchev–Trinajstić information content (AvgIpc) is 2.74. The average molecular weight is 375 g/mol. The lowest BCUT2D eigenvalue weighted by atomic mass is 10.1. The number of methoxy groups -OCH3 is 1. The Hall–Kier alpha value is -3.34. The largest absolute Gasteiger partial charge is 0.497 e. The lowest BCUT2D eigenvalue weighted by molar-refractivity contribution is 0.0940. The molecule has 0 saturated carbocycles. The first kappa shape index (κ1) is 19.4. The van der Waals surface area contributed by atoms with Crippen molar-refractivity contribution in [3.8, 4) is 5.75 Å². The van der Waals surface area contributed by atoms with Crippen molar-refractivity contribution in [1.29, 1.82) is 0 Å². The number of nitrogens with zero attached hydrogens (tertiary/aromatic N) is 1. The molecule has 0 saturated heterocycles. The zero-order valence-electron chi connectivity index (χ0n) is 16.2. The van der Waals surface area contributed by atoms with Crippen LogP contribution in [-0.2, 0) is 6.42 Å². The number of hydrogen-bond donors (Lipinski definition) is 2. The SMILES string of the molecule is COc1cccc(CCNc2cc(C(=O)NC(C)c3ccccc3)ccn2)c1. The van der Waals surface area contributed by atoms with Crippen LogP contribution in [-0.4, -0.2) is 24.5 Å². The normalized spacial score (nSPS) is 11.5. The number of anilines is 1. The van der Waals surface area contributed by atoms with E-state index in [1.807, 2.05) is 55.5 Å². The van der Waals surface area contributed by atoms with Gasteiger partial charge in [0.25, 0.3) is 5.91 Å². The third-order valence-corrected chi connectivity index (χ3v) is 4.52. The summed E-state index contributed by atoms with van der Waals surface area (Å²) in [5, 5.41) is 6.30. The van der Waals surface area contributed by atoms with Crippen LogP contribution in [0, 0.1) is 0 Å². The van der Waals surface area contributed by atoms with Crippen molar-refractivity contribution in [2.24, 2.45) is 0 Å². The fraction of sp³-hybridized carbons (Fsp3) is 0.217. The van der Waals surface area contributed by atoms with E-state index in [1.165, 1.54) is 5.56 Å². The minimum absolute atomic E-state index is 0.0636. The molecular weight excluding hydrogens is 350 g/mol. The van der Waals surface area contributed by atoms with Gasteiger partial charge in [-0.1, -0.05) is 42.5 Å². The van der Waals surface area contributed by atoms with Crippen LogP contribution in [0.25, 0.3) is 0 Å². The van der Waals surface area contributed by atoms with Gasteiger partial charge in [-0.25, -0.2) is 4.98 Å². The molecule has 0 radical (unpaired) electrons. The van der Waals surface area contributed by atoms with Gasteiger partial charge in [-0.3, -0.25) is 4.79 Å². The van der Waals surface area contributed by atoms with Gasteiger partial charge in [0.2, 0.25) is 0 Å². The summed E-state index contributed by atoms with van der Waals surface area (Å²) in [5.41, 5.74) is 2.83. The topological polar surface area (TPSA) is 63.2 Å². The monoisotopic (exact) mass is 375 g/mol.